The summed E-state index contributed by atoms with van der Waals surface area (Å²) in [4.78, 5) is 6.08. The fourth-order valence-corrected chi connectivity index (χ4v) is 0.618. The minimum absolute atomic E-state index is 0. The third kappa shape index (κ3) is 2.03. The van der Waals surface area contributed by atoms with Crippen molar-refractivity contribution in [2.75, 3.05) is 19.0 Å². The van der Waals surface area contributed by atoms with Gasteiger partial charge in [-0.2, -0.15) is 0 Å². The van der Waals surface area contributed by atoms with Crippen molar-refractivity contribution in [1.29, 1.82) is 0 Å². The van der Waals surface area contributed by atoms with Gasteiger partial charge in [-0.25, -0.2) is 4.98 Å². The van der Waals surface area contributed by atoms with E-state index in [9.17, 15) is 0 Å². The van der Waals surface area contributed by atoms with Crippen LogP contribution in [0.3, 0.4) is 0 Å². The molecule has 10 heavy (non-hydrogen) atoms. The molecule has 0 bridgehead atoms. The van der Waals surface area contributed by atoms with Crippen LogP contribution in [0, 0.1) is 0 Å². The van der Waals surface area contributed by atoms with Crippen LogP contribution in [0.5, 0.6) is 0 Å². The molecule has 0 aliphatic carbocycles. The topological polar surface area (TPSA) is 51.1 Å². The van der Waals surface area contributed by atoms with Gasteiger partial charge in [-0.1, -0.05) is 6.07 Å². The van der Waals surface area contributed by atoms with E-state index in [-0.39, 0.29) is 6.15 Å². The molecule has 0 saturated heterocycles. The average molecular weight is 139 g/mol. The average Bonchev–Trinajstić information content (AvgIpc) is 1.90. The number of hydrogen-bond acceptors (Lipinski definition) is 3. The van der Waals surface area contributed by atoms with Crippen LogP contribution in [0.25, 0.3) is 0 Å². The maximum absolute atomic E-state index is 4.10. The quantitative estimate of drug-likeness (QED) is 0.638. The van der Waals surface area contributed by atoms with Gasteiger partial charge >= 0.3 is 0 Å². The van der Waals surface area contributed by atoms with E-state index in [0.29, 0.717) is 0 Å². The third-order valence-corrected chi connectivity index (χ3v) is 1.11. The molecule has 1 heterocycles. The highest BCUT2D eigenvalue weighted by Gasteiger charge is 1.89. The second-order valence-corrected chi connectivity index (χ2v) is 2.08. The van der Waals surface area contributed by atoms with Gasteiger partial charge in [-0.3, -0.25) is 0 Å². The highest BCUT2D eigenvalue weighted by molar-refractivity contribution is 5.34. The van der Waals surface area contributed by atoms with Gasteiger partial charge in [0.2, 0.25) is 0 Å². The third-order valence-electron chi connectivity index (χ3n) is 1.11. The van der Waals surface area contributed by atoms with E-state index < -0.39 is 0 Å². The molecular formula is C7H13N3. The van der Waals surface area contributed by atoms with Crippen LogP contribution in [0.1, 0.15) is 0 Å². The van der Waals surface area contributed by atoms with Crippen LogP contribution in [-0.2, 0) is 0 Å². The summed E-state index contributed by atoms with van der Waals surface area (Å²) in [7, 11) is 3.95. The number of nitrogens with zero attached hydrogens (tertiary/aromatic N) is 2. The number of pyridine rings is 1. The fraction of sp³-hybridized carbons (Fsp3) is 0.286. The highest BCUT2D eigenvalue weighted by Crippen LogP contribution is 2.02. The first-order valence-corrected chi connectivity index (χ1v) is 2.89. The monoisotopic (exact) mass is 139 g/mol. The molecule has 0 atom stereocenters. The minimum Gasteiger partial charge on any atom is -0.363 e. The van der Waals surface area contributed by atoms with Crippen LogP contribution in [-0.4, -0.2) is 19.1 Å². The zero-order valence-electron chi connectivity index (χ0n) is 6.41. The van der Waals surface area contributed by atoms with E-state index in [1.807, 2.05) is 37.2 Å². The number of rotatable bonds is 1. The number of anilines is 1. The summed E-state index contributed by atoms with van der Waals surface area (Å²) < 4.78 is 0. The van der Waals surface area contributed by atoms with Crippen molar-refractivity contribution in [1.82, 2.24) is 11.1 Å². The maximum Gasteiger partial charge on any atom is 0.127 e. The van der Waals surface area contributed by atoms with Gasteiger partial charge in [0, 0.05) is 20.3 Å². The Morgan fingerprint density at radius 2 is 2.00 bits per heavy atom. The summed E-state index contributed by atoms with van der Waals surface area (Å²) >= 11 is 0. The summed E-state index contributed by atoms with van der Waals surface area (Å²) in [5, 5.41) is 0. The molecule has 3 nitrogen and oxygen atoms in total. The largest absolute Gasteiger partial charge is 0.363 e. The van der Waals surface area contributed by atoms with Gasteiger partial charge < -0.3 is 11.1 Å². The van der Waals surface area contributed by atoms with E-state index in [1.165, 1.54) is 0 Å². The molecule has 1 aromatic heterocycles. The first kappa shape index (κ1) is 8.91. The lowest BCUT2D eigenvalue weighted by molar-refractivity contribution is 1.07. The molecule has 3 N–H and O–H groups in total. The molecule has 56 valence electrons. The van der Waals surface area contributed by atoms with Crippen LogP contribution in [0.2, 0.25) is 0 Å². The van der Waals surface area contributed by atoms with Crippen molar-refractivity contribution in [2.45, 2.75) is 0 Å². The first-order valence-electron chi connectivity index (χ1n) is 2.89. The van der Waals surface area contributed by atoms with Crippen molar-refractivity contribution >= 4 is 5.82 Å². The molecule has 1 aromatic rings. The Morgan fingerprint density at radius 1 is 1.30 bits per heavy atom. The smallest absolute Gasteiger partial charge is 0.127 e. The summed E-state index contributed by atoms with van der Waals surface area (Å²) in [6.45, 7) is 0. The zero-order valence-corrected chi connectivity index (χ0v) is 6.41. The molecule has 0 aliphatic rings. The lowest BCUT2D eigenvalue weighted by Crippen LogP contribution is -2.09. The Bertz CT molecular complexity index is 171. The normalized spacial score (nSPS) is 8.20. The van der Waals surface area contributed by atoms with Gasteiger partial charge in [0.15, 0.2) is 0 Å². The number of hydrogen-bond donors (Lipinski definition) is 1. The predicted octanol–water partition coefficient (Wildman–Crippen LogP) is 1.31. The van der Waals surface area contributed by atoms with Crippen molar-refractivity contribution in [3.8, 4) is 0 Å². The minimum atomic E-state index is 0. The van der Waals surface area contributed by atoms with Gasteiger partial charge in [0.1, 0.15) is 5.82 Å². The second-order valence-electron chi connectivity index (χ2n) is 2.08. The van der Waals surface area contributed by atoms with Crippen molar-refractivity contribution in [3.05, 3.63) is 24.4 Å². The van der Waals surface area contributed by atoms with Crippen molar-refractivity contribution < 1.29 is 0 Å². The molecule has 0 fully saturated rings. The molecule has 0 amide bonds. The molecule has 0 radical (unpaired) electrons. The maximum atomic E-state index is 4.10. The standard InChI is InChI=1S/C7H10N2.H3N/c1-9(2)7-5-3-4-6-8-7;/h3-6H,1-2H3;1H3. The Labute approximate surface area is 61.3 Å². The Morgan fingerprint density at radius 3 is 2.30 bits per heavy atom. The first-order chi connectivity index (χ1) is 4.30. The Hall–Kier alpha value is -1.09. The molecule has 0 aromatic carbocycles. The molecular weight excluding hydrogens is 126 g/mol. The van der Waals surface area contributed by atoms with E-state index in [2.05, 4.69) is 4.98 Å². The van der Waals surface area contributed by atoms with Crippen LogP contribution in [0.4, 0.5) is 5.82 Å². The van der Waals surface area contributed by atoms with Crippen molar-refractivity contribution in [2.24, 2.45) is 0 Å². The lowest BCUT2D eigenvalue weighted by Gasteiger charge is -2.08. The number of aromatic nitrogens is 1. The molecule has 0 saturated carbocycles. The molecule has 0 unspecified atom stereocenters. The van der Waals surface area contributed by atoms with Gasteiger partial charge in [-0.05, 0) is 12.1 Å². The lowest BCUT2D eigenvalue weighted by atomic mass is 10.4. The summed E-state index contributed by atoms with van der Waals surface area (Å²) in [6, 6.07) is 5.86. The van der Waals surface area contributed by atoms with Crippen LogP contribution >= 0.6 is 0 Å². The van der Waals surface area contributed by atoms with Gasteiger partial charge in [0.05, 0.1) is 0 Å². The van der Waals surface area contributed by atoms with Gasteiger partial charge in [0.25, 0.3) is 0 Å². The SMILES string of the molecule is CN(C)c1ccccn1.N. The second kappa shape index (κ2) is 3.85. The Balaban J connectivity index is 0.000000810. The van der Waals surface area contributed by atoms with Crippen LogP contribution < -0.4 is 11.1 Å². The van der Waals surface area contributed by atoms with E-state index >= 15 is 0 Å². The highest BCUT2D eigenvalue weighted by atomic mass is 15.1. The van der Waals surface area contributed by atoms with E-state index in [4.69, 9.17) is 0 Å². The van der Waals surface area contributed by atoms with Crippen LogP contribution in [0.15, 0.2) is 24.4 Å². The summed E-state index contributed by atoms with van der Waals surface area (Å²) in [6.07, 6.45) is 1.79. The van der Waals surface area contributed by atoms with Crippen molar-refractivity contribution in [3.63, 3.8) is 0 Å². The zero-order chi connectivity index (χ0) is 6.69. The molecule has 0 spiro atoms. The van der Waals surface area contributed by atoms with E-state index in [0.717, 1.165) is 5.82 Å². The fourth-order valence-electron chi connectivity index (χ4n) is 0.618. The van der Waals surface area contributed by atoms with Gasteiger partial charge in [-0.15, -0.1) is 0 Å². The van der Waals surface area contributed by atoms with E-state index in [1.54, 1.807) is 6.20 Å². The molecule has 0 aliphatic heterocycles. The predicted molar refractivity (Wildman–Crippen MR) is 43.6 cm³/mol. The Kier molecular flexibility index (Phi) is 3.43. The molecule has 1 rings (SSSR count). The molecule has 3 heteroatoms. The summed E-state index contributed by atoms with van der Waals surface area (Å²) in [5.74, 6) is 0.998. The summed E-state index contributed by atoms with van der Waals surface area (Å²) in [5.41, 5.74) is 0.